The lowest BCUT2D eigenvalue weighted by Gasteiger charge is -2.05. The average Bonchev–Trinajstić information content (AvgIpc) is 3.11. The van der Waals surface area contributed by atoms with Crippen LogP contribution in [0.1, 0.15) is 19.8 Å². The average molecular weight is 452 g/mol. The van der Waals surface area contributed by atoms with Crippen molar-refractivity contribution in [2.24, 2.45) is 0 Å². The maximum absolute atomic E-state index is 12.7. The Balaban J connectivity index is 1.79. The van der Waals surface area contributed by atoms with Crippen LogP contribution < -0.4 is 5.32 Å². The van der Waals surface area contributed by atoms with Gasteiger partial charge in [-0.05, 0) is 42.8 Å². The van der Waals surface area contributed by atoms with Crippen molar-refractivity contribution < 1.29 is 8.42 Å². The molecule has 0 aliphatic rings. The van der Waals surface area contributed by atoms with E-state index in [0.29, 0.717) is 0 Å². The smallest absolute Gasteiger partial charge is 0.206 e. The number of aromatic nitrogens is 2. The molecule has 1 heterocycles. The Morgan fingerprint density at radius 1 is 1.00 bits per heavy atom. The summed E-state index contributed by atoms with van der Waals surface area (Å²) >= 11 is 4.77. The van der Waals surface area contributed by atoms with E-state index in [1.54, 1.807) is 48.5 Å². The number of nitrogens with one attached hydrogen (secondary N) is 1. The van der Waals surface area contributed by atoms with Gasteiger partial charge in [-0.2, -0.15) is 0 Å². The number of anilines is 1. The Labute approximate surface area is 165 Å². The van der Waals surface area contributed by atoms with E-state index < -0.39 is 9.84 Å². The summed E-state index contributed by atoms with van der Waals surface area (Å²) < 4.78 is 26.2. The van der Waals surface area contributed by atoms with Gasteiger partial charge in [0, 0.05) is 16.6 Å². The van der Waals surface area contributed by atoms with Crippen LogP contribution in [0.5, 0.6) is 0 Å². The number of benzene rings is 2. The van der Waals surface area contributed by atoms with Crippen molar-refractivity contribution in [3.63, 3.8) is 0 Å². The molecule has 0 aliphatic heterocycles. The van der Waals surface area contributed by atoms with Crippen LogP contribution in [0.3, 0.4) is 0 Å². The van der Waals surface area contributed by atoms with Crippen molar-refractivity contribution in [3.05, 3.63) is 53.0 Å². The van der Waals surface area contributed by atoms with E-state index in [4.69, 9.17) is 0 Å². The molecule has 0 saturated carbocycles. The fourth-order valence-electron chi connectivity index (χ4n) is 2.31. The van der Waals surface area contributed by atoms with Gasteiger partial charge >= 0.3 is 0 Å². The molecule has 2 aromatic carbocycles. The standard InChI is InChI=1S/C18H18BrN3O2S2/c1-2-3-12-20-18-22-21-17(25-18)13-4-8-15(9-5-13)26(23,24)16-10-6-14(19)7-11-16/h4-11H,2-3,12H2,1H3,(H,20,22). The van der Waals surface area contributed by atoms with Crippen LogP contribution in [-0.2, 0) is 9.84 Å². The number of nitrogens with zero attached hydrogens (tertiary/aromatic N) is 2. The molecule has 8 heteroatoms. The molecule has 0 saturated heterocycles. The van der Waals surface area contributed by atoms with Crippen molar-refractivity contribution in [2.45, 2.75) is 29.6 Å². The first-order valence-corrected chi connectivity index (χ1v) is 11.3. The molecule has 0 radical (unpaired) electrons. The van der Waals surface area contributed by atoms with Crippen LogP contribution in [0.25, 0.3) is 10.6 Å². The number of halogens is 1. The van der Waals surface area contributed by atoms with Gasteiger partial charge in [0.15, 0.2) is 0 Å². The fourth-order valence-corrected chi connectivity index (χ4v) is 4.61. The molecule has 5 nitrogen and oxygen atoms in total. The van der Waals surface area contributed by atoms with E-state index in [9.17, 15) is 8.42 Å². The van der Waals surface area contributed by atoms with Crippen molar-refractivity contribution >= 4 is 42.2 Å². The second-order valence-electron chi connectivity index (χ2n) is 5.67. The highest BCUT2D eigenvalue weighted by atomic mass is 79.9. The molecule has 3 rings (SSSR count). The van der Waals surface area contributed by atoms with Gasteiger partial charge in [0.2, 0.25) is 15.0 Å². The van der Waals surface area contributed by atoms with Crippen molar-refractivity contribution in [1.29, 1.82) is 0 Å². The molecule has 26 heavy (non-hydrogen) atoms. The minimum absolute atomic E-state index is 0.259. The molecular weight excluding hydrogens is 434 g/mol. The zero-order valence-corrected chi connectivity index (χ0v) is 17.4. The summed E-state index contributed by atoms with van der Waals surface area (Å²) in [6, 6.07) is 13.4. The topological polar surface area (TPSA) is 72.0 Å². The molecular formula is C18H18BrN3O2S2. The van der Waals surface area contributed by atoms with Crippen LogP contribution >= 0.6 is 27.3 Å². The molecule has 0 unspecified atom stereocenters. The molecule has 0 spiro atoms. The maximum Gasteiger partial charge on any atom is 0.206 e. The predicted octanol–water partition coefficient (Wildman–Crippen LogP) is 5.01. The van der Waals surface area contributed by atoms with Gasteiger partial charge in [0.1, 0.15) is 5.01 Å². The SMILES string of the molecule is CCCCNc1nnc(-c2ccc(S(=O)(=O)c3ccc(Br)cc3)cc2)s1. The molecule has 3 aromatic rings. The Bertz CT molecular complexity index is 968. The first-order valence-electron chi connectivity index (χ1n) is 8.19. The highest BCUT2D eigenvalue weighted by Crippen LogP contribution is 2.29. The van der Waals surface area contributed by atoms with Gasteiger partial charge in [-0.25, -0.2) is 8.42 Å². The van der Waals surface area contributed by atoms with E-state index in [2.05, 4.69) is 38.4 Å². The minimum atomic E-state index is -3.53. The number of unbranched alkanes of at least 4 members (excludes halogenated alkanes) is 1. The van der Waals surface area contributed by atoms with Gasteiger partial charge in [-0.15, -0.1) is 10.2 Å². The first kappa shape index (κ1) is 19.0. The zero-order valence-electron chi connectivity index (χ0n) is 14.1. The Morgan fingerprint density at radius 3 is 2.23 bits per heavy atom. The molecule has 0 atom stereocenters. The molecule has 0 aliphatic carbocycles. The van der Waals surface area contributed by atoms with Crippen molar-refractivity contribution in [1.82, 2.24) is 10.2 Å². The third-order valence-electron chi connectivity index (χ3n) is 3.77. The quantitative estimate of drug-likeness (QED) is 0.510. The number of hydrogen-bond acceptors (Lipinski definition) is 6. The normalized spacial score (nSPS) is 11.5. The van der Waals surface area contributed by atoms with E-state index in [1.807, 2.05) is 0 Å². The summed E-state index contributed by atoms with van der Waals surface area (Å²) in [5.74, 6) is 0. The molecule has 1 N–H and O–H groups in total. The number of sulfone groups is 1. The summed E-state index contributed by atoms with van der Waals surface area (Å²) in [7, 11) is -3.53. The number of hydrogen-bond donors (Lipinski definition) is 1. The molecule has 136 valence electrons. The van der Waals surface area contributed by atoms with Crippen LogP contribution in [0, 0.1) is 0 Å². The third kappa shape index (κ3) is 4.31. The number of rotatable bonds is 7. The zero-order chi connectivity index (χ0) is 18.6. The largest absolute Gasteiger partial charge is 0.360 e. The van der Waals surface area contributed by atoms with Crippen LogP contribution in [0.2, 0.25) is 0 Å². The monoisotopic (exact) mass is 451 g/mol. The molecule has 0 amide bonds. The van der Waals surface area contributed by atoms with Gasteiger partial charge in [-0.3, -0.25) is 0 Å². The van der Waals surface area contributed by atoms with E-state index in [0.717, 1.165) is 39.6 Å². The molecule has 0 fully saturated rings. The maximum atomic E-state index is 12.7. The van der Waals surface area contributed by atoms with Gasteiger partial charge in [-0.1, -0.05) is 52.7 Å². The van der Waals surface area contributed by atoms with Crippen LogP contribution in [-0.4, -0.2) is 25.2 Å². The summed E-state index contributed by atoms with van der Waals surface area (Å²) in [5, 5.41) is 13.1. The van der Waals surface area contributed by atoms with Crippen LogP contribution in [0.15, 0.2) is 62.8 Å². The fraction of sp³-hybridized carbons (Fsp3) is 0.222. The van der Waals surface area contributed by atoms with Gasteiger partial charge in [0.05, 0.1) is 9.79 Å². The second kappa shape index (κ2) is 8.28. The Kier molecular flexibility index (Phi) is 6.05. The van der Waals surface area contributed by atoms with Crippen molar-refractivity contribution in [3.8, 4) is 10.6 Å². The third-order valence-corrected chi connectivity index (χ3v) is 7.01. The van der Waals surface area contributed by atoms with Gasteiger partial charge in [0.25, 0.3) is 0 Å². The van der Waals surface area contributed by atoms with Crippen LogP contribution in [0.4, 0.5) is 5.13 Å². The lowest BCUT2D eigenvalue weighted by molar-refractivity contribution is 0.596. The summed E-state index contributed by atoms with van der Waals surface area (Å²) in [4.78, 5) is 0.529. The predicted molar refractivity (Wildman–Crippen MR) is 108 cm³/mol. The van der Waals surface area contributed by atoms with Crippen molar-refractivity contribution in [2.75, 3.05) is 11.9 Å². The van der Waals surface area contributed by atoms with E-state index >= 15 is 0 Å². The second-order valence-corrected chi connectivity index (χ2v) is 9.52. The lowest BCUT2D eigenvalue weighted by atomic mass is 10.2. The molecule has 1 aromatic heterocycles. The lowest BCUT2D eigenvalue weighted by Crippen LogP contribution is -2.01. The molecule has 0 bridgehead atoms. The van der Waals surface area contributed by atoms with E-state index in [1.165, 1.54) is 11.3 Å². The Hall–Kier alpha value is -1.77. The summed E-state index contributed by atoms with van der Waals surface area (Å²) in [6.07, 6.45) is 2.20. The summed E-state index contributed by atoms with van der Waals surface area (Å²) in [5.41, 5.74) is 0.848. The van der Waals surface area contributed by atoms with E-state index in [-0.39, 0.29) is 9.79 Å². The first-order chi connectivity index (χ1) is 12.5. The Morgan fingerprint density at radius 2 is 1.62 bits per heavy atom. The minimum Gasteiger partial charge on any atom is -0.360 e. The summed E-state index contributed by atoms with van der Waals surface area (Å²) in [6.45, 7) is 3.01. The highest BCUT2D eigenvalue weighted by molar-refractivity contribution is 9.10. The van der Waals surface area contributed by atoms with Gasteiger partial charge < -0.3 is 5.32 Å². The highest BCUT2D eigenvalue weighted by Gasteiger charge is 2.18.